The van der Waals surface area contributed by atoms with Crippen molar-refractivity contribution < 1.29 is 9.53 Å². The number of ether oxygens (including phenoxy) is 1. The van der Waals surface area contributed by atoms with Crippen molar-refractivity contribution in [3.8, 4) is 5.75 Å². The van der Waals surface area contributed by atoms with Crippen molar-refractivity contribution in [3.05, 3.63) is 28.8 Å². The average molecular weight is 234 g/mol. The Morgan fingerprint density at radius 3 is 2.94 bits per heavy atom. The number of rotatable bonds is 1. The fourth-order valence-corrected chi connectivity index (χ4v) is 2.25. The van der Waals surface area contributed by atoms with Crippen LogP contribution in [0, 0.1) is 13.8 Å². The van der Waals surface area contributed by atoms with Gasteiger partial charge < -0.3 is 15.4 Å². The molecule has 0 bridgehead atoms. The molecule has 1 aromatic rings. The van der Waals surface area contributed by atoms with Gasteiger partial charge in [0.25, 0.3) is 0 Å². The average Bonchev–Trinajstić information content (AvgIpc) is 2.50. The number of carbonyl (C=O) groups is 1. The van der Waals surface area contributed by atoms with Crippen molar-refractivity contribution in [3.63, 3.8) is 0 Å². The van der Waals surface area contributed by atoms with E-state index in [1.165, 1.54) is 5.56 Å². The van der Waals surface area contributed by atoms with Crippen LogP contribution >= 0.6 is 0 Å². The first-order chi connectivity index (χ1) is 8.11. The third-order valence-corrected chi connectivity index (χ3v) is 2.99. The van der Waals surface area contributed by atoms with Gasteiger partial charge in [-0.05, 0) is 19.4 Å². The minimum absolute atomic E-state index is 0.0272. The smallest absolute Gasteiger partial charge is 0.236 e. The molecule has 2 rings (SSSR count). The van der Waals surface area contributed by atoms with Gasteiger partial charge in [-0.25, -0.2) is 0 Å². The molecular weight excluding hydrogens is 216 g/mol. The van der Waals surface area contributed by atoms with E-state index in [9.17, 15) is 4.79 Å². The van der Waals surface area contributed by atoms with E-state index in [1.807, 2.05) is 13.8 Å². The second-order valence-corrected chi connectivity index (χ2v) is 4.44. The number of aryl methyl sites for hydroxylation is 2. The molecule has 1 amide bonds. The Kier molecular flexibility index (Phi) is 3.33. The largest absolute Gasteiger partial charge is 0.491 e. The van der Waals surface area contributed by atoms with Gasteiger partial charge in [-0.15, -0.1) is 0 Å². The molecule has 92 valence electrons. The number of benzene rings is 1. The fourth-order valence-electron chi connectivity index (χ4n) is 2.25. The van der Waals surface area contributed by atoms with E-state index < -0.39 is 0 Å². The van der Waals surface area contributed by atoms with Gasteiger partial charge in [0, 0.05) is 12.1 Å². The summed E-state index contributed by atoms with van der Waals surface area (Å²) in [5, 5.41) is 0. The molecule has 0 saturated heterocycles. The monoisotopic (exact) mass is 234 g/mol. The maximum Gasteiger partial charge on any atom is 0.236 e. The summed E-state index contributed by atoms with van der Waals surface area (Å²) < 4.78 is 5.72. The van der Waals surface area contributed by atoms with E-state index in [4.69, 9.17) is 10.5 Å². The van der Waals surface area contributed by atoms with Crippen LogP contribution in [0.25, 0.3) is 0 Å². The van der Waals surface area contributed by atoms with E-state index in [0.29, 0.717) is 19.7 Å². The van der Waals surface area contributed by atoms with Crippen molar-refractivity contribution in [2.45, 2.75) is 20.4 Å². The molecule has 0 aromatic heterocycles. The molecule has 4 nitrogen and oxygen atoms in total. The molecule has 0 atom stereocenters. The molecule has 0 unspecified atom stereocenters. The molecule has 0 aliphatic carbocycles. The Bertz CT molecular complexity index is 443. The van der Waals surface area contributed by atoms with Crippen LogP contribution in [0.3, 0.4) is 0 Å². The molecule has 0 saturated carbocycles. The lowest BCUT2D eigenvalue weighted by atomic mass is 10.1. The summed E-state index contributed by atoms with van der Waals surface area (Å²) in [5.74, 6) is 0.892. The van der Waals surface area contributed by atoms with E-state index in [0.717, 1.165) is 16.9 Å². The molecule has 4 heteroatoms. The number of carbonyl (C=O) groups excluding carboxylic acids is 1. The molecule has 0 fully saturated rings. The van der Waals surface area contributed by atoms with Crippen LogP contribution < -0.4 is 10.5 Å². The lowest BCUT2D eigenvalue weighted by Crippen LogP contribution is -2.36. The summed E-state index contributed by atoms with van der Waals surface area (Å²) in [7, 11) is 0. The SMILES string of the molecule is Cc1cc(C)c2c(c1)CN(C(=O)CN)CCO2. The molecule has 1 aliphatic rings. The molecule has 0 radical (unpaired) electrons. The predicted octanol–water partition coefficient (Wildman–Crippen LogP) is 0.983. The minimum atomic E-state index is -0.0272. The van der Waals surface area contributed by atoms with Crippen molar-refractivity contribution in [1.29, 1.82) is 0 Å². The van der Waals surface area contributed by atoms with E-state index in [2.05, 4.69) is 12.1 Å². The highest BCUT2D eigenvalue weighted by Gasteiger charge is 2.20. The predicted molar refractivity (Wildman–Crippen MR) is 65.9 cm³/mol. The number of hydrogen-bond acceptors (Lipinski definition) is 3. The van der Waals surface area contributed by atoms with Crippen molar-refractivity contribution in [2.75, 3.05) is 19.7 Å². The first-order valence-electron chi connectivity index (χ1n) is 5.82. The standard InChI is InChI=1S/C13H18N2O2/c1-9-5-10(2)13-11(6-9)8-15(3-4-17-13)12(16)7-14/h5-6H,3-4,7-8,14H2,1-2H3. The molecule has 2 N–H and O–H groups in total. The maximum atomic E-state index is 11.6. The van der Waals surface area contributed by atoms with Gasteiger partial charge in [0.05, 0.1) is 13.1 Å². The van der Waals surface area contributed by atoms with Crippen LogP contribution in [0.1, 0.15) is 16.7 Å². The summed E-state index contributed by atoms with van der Waals surface area (Å²) in [6.45, 7) is 5.86. The number of hydrogen-bond donors (Lipinski definition) is 1. The lowest BCUT2D eigenvalue weighted by molar-refractivity contribution is -0.130. The first-order valence-corrected chi connectivity index (χ1v) is 5.82. The lowest BCUT2D eigenvalue weighted by Gasteiger charge is -2.18. The maximum absolute atomic E-state index is 11.6. The Balaban J connectivity index is 2.34. The zero-order chi connectivity index (χ0) is 12.4. The summed E-state index contributed by atoms with van der Waals surface area (Å²) in [6.07, 6.45) is 0. The van der Waals surface area contributed by atoms with Crippen LogP contribution in [0.2, 0.25) is 0 Å². The van der Waals surface area contributed by atoms with Gasteiger partial charge in [0.15, 0.2) is 0 Å². The summed E-state index contributed by atoms with van der Waals surface area (Å²) in [6, 6.07) is 4.17. The van der Waals surface area contributed by atoms with Crippen molar-refractivity contribution >= 4 is 5.91 Å². The van der Waals surface area contributed by atoms with Crippen LogP contribution in [0.5, 0.6) is 5.75 Å². The van der Waals surface area contributed by atoms with Crippen LogP contribution in [-0.2, 0) is 11.3 Å². The van der Waals surface area contributed by atoms with Gasteiger partial charge in [0.1, 0.15) is 12.4 Å². The number of nitrogens with two attached hydrogens (primary N) is 1. The molecule has 0 spiro atoms. The Labute approximate surface area is 101 Å². The van der Waals surface area contributed by atoms with Gasteiger partial charge in [0.2, 0.25) is 5.91 Å². The second kappa shape index (κ2) is 4.75. The topological polar surface area (TPSA) is 55.6 Å². The highest BCUT2D eigenvalue weighted by atomic mass is 16.5. The minimum Gasteiger partial charge on any atom is -0.491 e. The van der Waals surface area contributed by atoms with Gasteiger partial charge in [-0.3, -0.25) is 4.79 Å². The van der Waals surface area contributed by atoms with Crippen molar-refractivity contribution in [2.24, 2.45) is 5.73 Å². The van der Waals surface area contributed by atoms with E-state index in [1.54, 1.807) is 4.90 Å². The van der Waals surface area contributed by atoms with Gasteiger partial charge in [-0.1, -0.05) is 17.7 Å². The fraction of sp³-hybridized carbons (Fsp3) is 0.462. The number of fused-ring (bicyclic) bond motifs is 1. The van der Waals surface area contributed by atoms with E-state index >= 15 is 0 Å². The van der Waals surface area contributed by atoms with Gasteiger partial charge >= 0.3 is 0 Å². The third kappa shape index (κ3) is 2.42. The molecular formula is C13H18N2O2. The van der Waals surface area contributed by atoms with Crippen molar-refractivity contribution in [1.82, 2.24) is 4.90 Å². The highest BCUT2D eigenvalue weighted by Crippen LogP contribution is 2.28. The summed E-state index contributed by atoms with van der Waals surface area (Å²) >= 11 is 0. The zero-order valence-electron chi connectivity index (χ0n) is 10.3. The molecule has 1 aromatic carbocycles. The summed E-state index contributed by atoms with van der Waals surface area (Å²) in [5.41, 5.74) is 8.79. The highest BCUT2D eigenvalue weighted by molar-refractivity contribution is 5.78. The Morgan fingerprint density at radius 2 is 2.24 bits per heavy atom. The normalized spacial score (nSPS) is 14.9. The van der Waals surface area contributed by atoms with Crippen LogP contribution in [0.15, 0.2) is 12.1 Å². The number of amides is 1. The Hall–Kier alpha value is -1.55. The van der Waals surface area contributed by atoms with E-state index in [-0.39, 0.29) is 12.5 Å². The first kappa shape index (κ1) is 11.9. The van der Waals surface area contributed by atoms with Crippen LogP contribution in [0.4, 0.5) is 0 Å². The second-order valence-electron chi connectivity index (χ2n) is 4.44. The third-order valence-electron chi connectivity index (χ3n) is 2.99. The number of nitrogens with zero attached hydrogens (tertiary/aromatic N) is 1. The molecule has 1 aliphatic heterocycles. The quantitative estimate of drug-likeness (QED) is 0.788. The summed E-state index contributed by atoms with van der Waals surface area (Å²) in [4.78, 5) is 13.4. The molecule has 1 heterocycles. The van der Waals surface area contributed by atoms with Gasteiger partial charge in [-0.2, -0.15) is 0 Å². The molecule has 17 heavy (non-hydrogen) atoms. The zero-order valence-corrected chi connectivity index (χ0v) is 10.3. The van der Waals surface area contributed by atoms with Crippen LogP contribution in [-0.4, -0.2) is 30.5 Å². The Morgan fingerprint density at radius 1 is 1.47 bits per heavy atom.